The molecule has 3 nitrogen and oxygen atoms in total. The second-order valence-electron chi connectivity index (χ2n) is 5.94. The van der Waals surface area contributed by atoms with Gasteiger partial charge in [0.1, 0.15) is 0 Å². The van der Waals surface area contributed by atoms with Gasteiger partial charge in [-0.15, -0.1) is 0 Å². The first-order valence-corrected chi connectivity index (χ1v) is 6.67. The van der Waals surface area contributed by atoms with Crippen molar-refractivity contribution in [2.75, 3.05) is 32.8 Å². The molecule has 0 aromatic heterocycles. The second kappa shape index (κ2) is 5.03. The second-order valence-corrected chi connectivity index (χ2v) is 5.94. The predicted octanol–water partition coefficient (Wildman–Crippen LogP) is 1.47. The van der Waals surface area contributed by atoms with Gasteiger partial charge in [-0.1, -0.05) is 6.92 Å². The lowest BCUT2D eigenvalue weighted by Crippen LogP contribution is -2.47. The summed E-state index contributed by atoms with van der Waals surface area (Å²) in [6.07, 6.45) is 3.62. The first-order valence-electron chi connectivity index (χ1n) is 6.67. The molecule has 94 valence electrons. The first kappa shape index (κ1) is 12.3. The van der Waals surface area contributed by atoms with Crippen LogP contribution in [0.2, 0.25) is 0 Å². The summed E-state index contributed by atoms with van der Waals surface area (Å²) in [5.74, 6) is 0.852. The monoisotopic (exact) mass is 226 g/mol. The Morgan fingerprint density at radius 3 is 2.50 bits per heavy atom. The molecule has 2 fully saturated rings. The Morgan fingerprint density at radius 2 is 2.00 bits per heavy atom. The van der Waals surface area contributed by atoms with Crippen LogP contribution in [0, 0.1) is 11.3 Å². The molecule has 2 heterocycles. The smallest absolute Gasteiger partial charge is 0.0472 e. The maximum Gasteiger partial charge on any atom is 0.0472 e. The Kier molecular flexibility index (Phi) is 3.88. The van der Waals surface area contributed by atoms with E-state index in [0.717, 1.165) is 44.6 Å². The molecule has 2 aliphatic heterocycles. The largest absolute Gasteiger partial charge is 0.381 e. The molecule has 0 aliphatic carbocycles. The summed E-state index contributed by atoms with van der Waals surface area (Å²) in [7, 11) is 0. The average molecular weight is 226 g/mol. The minimum atomic E-state index is 0.330. The van der Waals surface area contributed by atoms with Gasteiger partial charge in [0.05, 0.1) is 0 Å². The summed E-state index contributed by atoms with van der Waals surface area (Å²) < 4.78 is 5.46. The molecule has 0 aromatic rings. The van der Waals surface area contributed by atoms with Gasteiger partial charge in [0.2, 0.25) is 0 Å². The number of likely N-dealkylation sites (tertiary alicyclic amines) is 1. The van der Waals surface area contributed by atoms with E-state index < -0.39 is 0 Å². The van der Waals surface area contributed by atoms with E-state index in [2.05, 4.69) is 18.7 Å². The Hall–Kier alpha value is -0.120. The number of nitrogens with zero attached hydrogens (tertiary/aromatic N) is 1. The third-order valence-electron chi connectivity index (χ3n) is 4.44. The van der Waals surface area contributed by atoms with Gasteiger partial charge in [-0.2, -0.15) is 0 Å². The van der Waals surface area contributed by atoms with Crippen LogP contribution >= 0.6 is 0 Å². The van der Waals surface area contributed by atoms with Crippen molar-refractivity contribution in [1.29, 1.82) is 0 Å². The maximum atomic E-state index is 6.01. The fourth-order valence-corrected chi connectivity index (χ4v) is 3.27. The van der Waals surface area contributed by atoms with E-state index in [9.17, 15) is 0 Å². The SMILES string of the molecule is CC1CC(C)N(CC2(CN)CCOCC2)C1. The van der Waals surface area contributed by atoms with E-state index in [4.69, 9.17) is 10.5 Å². The van der Waals surface area contributed by atoms with Gasteiger partial charge < -0.3 is 10.5 Å². The van der Waals surface area contributed by atoms with Crippen LogP contribution in [0.3, 0.4) is 0 Å². The lowest BCUT2D eigenvalue weighted by molar-refractivity contribution is -0.00155. The van der Waals surface area contributed by atoms with Crippen molar-refractivity contribution in [3.05, 3.63) is 0 Å². The molecule has 0 aromatic carbocycles. The van der Waals surface area contributed by atoms with Crippen LogP contribution in [-0.2, 0) is 4.74 Å². The molecular formula is C13H26N2O. The summed E-state index contributed by atoms with van der Waals surface area (Å²) >= 11 is 0. The number of ether oxygens (including phenoxy) is 1. The van der Waals surface area contributed by atoms with Gasteiger partial charge in [-0.05, 0) is 44.1 Å². The Labute approximate surface area is 99.3 Å². The third kappa shape index (κ3) is 2.58. The van der Waals surface area contributed by atoms with Crippen LogP contribution in [0.25, 0.3) is 0 Å². The molecule has 16 heavy (non-hydrogen) atoms. The molecule has 0 radical (unpaired) electrons. The van der Waals surface area contributed by atoms with Crippen LogP contribution in [0.5, 0.6) is 0 Å². The summed E-state index contributed by atoms with van der Waals surface area (Å²) in [4.78, 5) is 2.64. The highest BCUT2D eigenvalue weighted by Crippen LogP contribution is 2.33. The third-order valence-corrected chi connectivity index (χ3v) is 4.44. The minimum absolute atomic E-state index is 0.330. The predicted molar refractivity (Wildman–Crippen MR) is 66.4 cm³/mol. The van der Waals surface area contributed by atoms with Crippen LogP contribution in [-0.4, -0.2) is 43.8 Å². The van der Waals surface area contributed by atoms with Crippen molar-refractivity contribution in [1.82, 2.24) is 4.90 Å². The lowest BCUT2D eigenvalue weighted by Gasteiger charge is -2.40. The van der Waals surface area contributed by atoms with Crippen LogP contribution in [0.1, 0.15) is 33.1 Å². The first-order chi connectivity index (χ1) is 7.65. The van der Waals surface area contributed by atoms with Gasteiger partial charge >= 0.3 is 0 Å². The molecular weight excluding hydrogens is 200 g/mol. The molecule has 2 rings (SSSR count). The van der Waals surface area contributed by atoms with Crippen molar-refractivity contribution in [3.8, 4) is 0 Å². The topological polar surface area (TPSA) is 38.5 Å². The Bertz CT molecular complexity index is 226. The summed E-state index contributed by atoms with van der Waals surface area (Å²) in [6, 6.07) is 0.737. The normalized spacial score (nSPS) is 35.4. The zero-order valence-electron chi connectivity index (χ0n) is 10.7. The van der Waals surface area contributed by atoms with E-state index >= 15 is 0 Å². The molecule has 0 saturated carbocycles. The van der Waals surface area contributed by atoms with Gasteiger partial charge in [-0.3, -0.25) is 4.90 Å². The van der Waals surface area contributed by atoms with Crippen molar-refractivity contribution < 1.29 is 4.74 Å². The number of rotatable bonds is 3. The molecule has 2 unspecified atom stereocenters. The van der Waals surface area contributed by atoms with E-state index in [1.54, 1.807) is 0 Å². The quantitative estimate of drug-likeness (QED) is 0.792. The highest BCUT2D eigenvalue weighted by atomic mass is 16.5. The van der Waals surface area contributed by atoms with Crippen LogP contribution in [0.4, 0.5) is 0 Å². The van der Waals surface area contributed by atoms with Gasteiger partial charge in [0.25, 0.3) is 0 Å². The maximum absolute atomic E-state index is 6.01. The molecule has 3 heteroatoms. The molecule has 2 aliphatic rings. The van der Waals surface area contributed by atoms with Crippen molar-refractivity contribution in [3.63, 3.8) is 0 Å². The fourth-order valence-electron chi connectivity index (χ4n) is 3.27. The zero-order chi connectivity index (χ0) is 11.6. The van der Waals surface area contributed by atoms with Gasteiger partial charge in [-0.25, -0.2) is 0 Å². The number of nitrogens with two attached hydrogens (primary N) is 1. The van der Waals surface area contributed by atoms with E-state index in [1.807, 2.05) is 0 Å². The molecule has 2 saturated heterocycles. The molecule has 0 bridgehead atoms. The summed E-state index contributed by atoms with van der Waals surface area (Å²) in [6.45, 7) is 9.75. The molecule has 0 amide bonds. The molecule has 2 N–H and O–H groups in total. The fraction of sp³-hybridized carbons (Fsp3) is 1.00. The highest BCUT2D eigenvalue weighted by Gasteiger charge is 2.36. The van der Waals surface area contributed by atoms with Gasteiger partial charge in [0.15, 0.2) is 0 Å². The van der Waals surface area contributed by atoms with Gasteiger partial charge in [0, 0.05) is 32.3 Å². The van der Waals surface area contributed by atoms with Crippen LogP contribution in [0.15, 0.2) is 0 Å². The number of hydrogen-bond donors (Lipinski definition) is 1. The molecule has 2 atom stereocenters. The Balaban J connectivity index is 1.95. The zero-order valence-corrected chi connectivity index (χ0v) is 10.7. The summed E-state index contributed by atoms with van der Waals surface area (Å²) in [5.41, 5.74) is 6.34. The number of hydrogen-bond acceptors (Lipinski definition) is 3. The van der Waals surface area contributed by atoms with Crippen molar-refractivity contribution in [2.45, 2.75) is 39.2 Å². The van der Waals surface area contributed by atoms with Crippen molar-refractivity contribution in [2.24, 2.45) is 17.1 Å². The van der Waals surface area contributed by atoms with Crippen molar-refractivity contribution >= 4 is 0 Å². The summed E-state index contributed by atoms with van der Waals surface area (Å²) in [5, 5.41) is 0. The highest BCUT2D eigenvalue weighted by molar-refractivity contribution is 4.90. The Morgan fingerprint density at radius 1 is 1.31 bits per heavy atom. The van der Waals surface area contributed by atoms with E-state index in [0.29, 0.717) is 5.41 Å². The average Bonchev–Trinajstić information content (AvgIpc) is 2.59. The van der Waals surface area contributed by atoms with E-state index in [-0.39, 0.29) is 0 Å². The molecule has 0 spiro atoms. The van der Waals surface area contributed by atoms with E-state index in [1.165, 1.54) is 19.5 Å². The lowest BCUT2D eigenvalue weighted by atomic mass is 9.79. The standard InChI is InChI=1S/C13H26N2O/c1-11-7-12(2)15(8-11)10-13(9-14)3-5-16-6-4-13/h11-12H,3-10,14H2,1-2H3. The minimum Gasteiger partial charge on any atom is -0.381 e. The van der Waals surface area contributed by atoms with Crippen LogP contribution < -0.4 is 5.73 Å².